The monoisotopic (exact) mass is 264 g/mol. The van der Waals surface area contributed by atoms with Gasteiger partial charge in [-0.15, -0.1) is 0 Å². The van der Waals surface area contributed by atoms with Crippen LogP contribution < -0.4 is 0 Å². The van der Waals surface area contributed by atoms with Crippen LogP contribution in [-0.2, 0) is 0 Å². The molecular formula is C17H28S. The molecular weight excluding hydrogens is 236 g/mol. The smallest absolute Gasteiger partial charge is 0.0200 e. The van der Waals surface area contributed by atoms with Gasteiger partial charge in [-0.25, -0.2) is 0 Å². The quantitative estimate of drug-likeness (QED) is 0.501. The van der Waals surface area contributed by atoms with E-state index in [-0.39, 0.29) is 4.75 Å². The molecule has 1 saturated carbocycles. The minimum absolute atomic E-state index is 0.286. The molecule has 0 aromatic heterocycles. The highest BCUT2D eigenvalue weighted by atomic mass is 32.1. The number of thiol groups is 1. The molecule has 4 atom stereocenters. The van der Waals surface area contributed by atoms with Gasteiger partial charge in [-0.3, -0.25) is 0 Å². The summed E-state index contributed by atoms with van der Waals surface area (Å²) in [5.74, 6) is 2.55. The summed E-state index contributed by atoms with van der Waals surface area (Å²) in [7, 11) is 0. The Bertz CT molecular complexity index is 353. The first-order chi connectivity index (χ1) is 8.66. The molecule has 0 nitrogen and oxygen atoms in total. The largest absolute Gasteiger partial charge is 0.172 e. The minimum Gasteiger partial charge on any atom is -0.172 e. The molecule has 1 heteroatoms. The molecule has 3 unspecified atom stereocenters. The van der Waals surface area contributed by atoms with E-state index in [2.05, 4.69) is 13.8 Å². The van der Waals surface area contributed by atoms with E-state index in [0.29, 0.717) is 0 Å². The molecule has 0 heterocycles. The fraction of sp³-hybridized carbons (Fsp3) is 0.882. The molecule has 2 bridgehead atoms. The van der Waals surface area contributed by atoms with Crippen molar-refractivity contribution in [3.63, 3.8) is 0 Å². The van der Waals surface area contributed by atoms with E-state index in [4.69, 9.17) is 12.6 Å². The number of hydrogen-bond acceptors (Lipinski definition) is 1. The first-order valence-corrected chi connectivity index (χ1v) is 8.55. The fourth-order valence-electron chi connectivity index (χ4n) is 5.22. The number of rotatable bonds is 2. The summed E-state index contributed by atoms with van der Waals surface area (Å²) in [4.78, 5) is 0. The molecule has 18 heavy (non-hydrogen) atoms. The van der Waals surface area contributed by atoms with Crippen molar-refractivity contribution in [3.8, 4) is 0 Å². The van der Waals surface area contributed by atoms with Crippen molar-refractivity contribution in [2.24, 2.45) is 17.8 Å². The Kier molecular flexibility index (Phi) is 3.55. The van der Waals surface area contributed by atoms with Gasteiger partial charge in [-0.05, 0) is 69.6 Å². The fourth-order valence-corrected chi connectivity index (χ4v) is 5.82. The summed E-state index contributed by atoms with van der Waals surface area (Å²) in [6.07, 6.45) is 12.7. The molecule has 3 aliphatic rings. The molecule has 0 spiro atoms. The van der Waals surface area contributed by atoms with Crippen LogP contribution in [0.5, 0.6) is 0 Å². The lowest BCUT2D eigenvalue weighted by Gasteiger charge is -2.55. The van der Waals surface area contributed by atoms with E-state index in [1.54, 1.807) is 0 Å². The van der Waals surface area contributed by atoms with Crippen molar-refractivity contribution in [3.05, 3.63) is 11.1 Å². The predicted octanol–water partition coefficient (Wildman–Crippen LogP) is 5.39. The van der Waals surface area contributed by atoms with Gasteiger partial charge in [-0.1, -0.05) is 30.9 Å². The van der Waals surface area contributed by atoms with E-state index >= 15 is 0 Å². The second-order valence-corrected chi connectivity index (χ2v) is 7.93. The third-order valence-corrected chi connectivity index (χ3v) is 6.62. The summed E-state index contributed by atoms with van der Waals surface area (Å²) >= 11 is 5.17. The third-order valence-electron chi connectivity index (χ3n) is 5.97. The first-order valence-electron chi connectivity index (χ1n) is 8.10. The average molecular weight is 264 g/mol. The van der Waals surface area contributed by atoms with Crippen molar-refractivity contribution >= 4 is 12.6 Å². The van der Waals surface area contributed by atoms with Crippen LogP contribution in [0.3, 0.4) is 0 Å². The molecule has 0 saturated heterocycles. The molecule has 0 aromatic rings. The van der Waals surface area contributed by atoms with Gasteiger partial charge >= 0.3 is 0 Å². The van der Waals surface area contributed by atoms with E-state index < -0.39 is 0 Å². The van der Waals surface area contributed by atoms with Gasteiger partial charge in [0.05, 0.1) is 0 Å². The van der Waals surface area contributed by atoms with Crippen molar-refractivity contribution in [1.82, 2.24) is 0 Å². The van der Waals surface area contributed by atoms with E-state index in [9.17, 15) is 0 Å². The third kappa shape index (κ3) is 1.88. The molecule has 0 N–H and O–H groups in total. The molecule has 3 rings (SSSR count). The predicted molar refractivity (Wildman–Crippen MR) is 82.1 cm³/mol. The Morgan fingerprint density at radius 2 is 1.83 bits per heavy atom. The SMILES string of the molecule is CCCC1C2=C(CCCC2)C2CCCC1[C@]2(C)S. The molecule has 1 fully saturated rings. The summed E-state index contributed by atoms with van der Waals surface area (Å²) in [6.45, 7) is 4.81. The average Bonchev–Trinajstić information content (AvgIpc) is 2.34. The summed E-state index contributed by atoms with van der Waals surface area (Å²) in [6, 6.07) is 0. The molecule has 0 radical (unpaired) electrons. The van der Waals surface area contributed by atoms with E-state index in [1.165, 1.54) is 57.8 Å². The number of hydrogen-bond donors (Lipinski definition) is 1. The summed E-state index contributed by atoms with van der Waals surface area (Å²) in [5.41, 5.74) is 3.78. The Labute approximate surface area is 118 Å². The van der Waals surface area contributed by atoms with Gasteiger partial charge < -0.3 is 0 Å². The molecule has 0 aromatic carbocycles. The standard InChI is InChI=1S/C17H28S/c1-3-7-13-12-8-4-5-9-14(12)16-11-6-10-15(13)17(16,2)18/h13,15-16,18H,3-11H2,1-2H3/t13?,15?,16?,17-/m0/s1. The highest BCUT2D eigenvalue weighted by Crippen LogP contribution is 2.58. The zero-order valence-corrected chi connectivity index (χ0v) is 12.9. The van der Waals surface area contributed by atoms with E-state index in [1.807, 2.05) is 11.1 Å². The second kappa shape index (κ2) is 4.89. The van der Waals surface area contributed by atoms with Crippen LogP contribution in [0.1, 0.15) is 71.6 Å². The first kappa shape index (κ1) is 13.1. The molecule has 0 amide bonds. The second-order valence-electron chi connectivity index (χ2n) is 6.97. The summed E-state index contributed by atoms with van der Waals surface area (Å²) < 4.78 is 0.286. The summed E-state index contributed by atoms with van der Waals surface area (Å²) in [5, 5.41) is 0. The Morgan fingerprint density at radius 1 is 1.11 bits per heavy atom. The van der Waals surface area contributed by atoms with Crippen LogP contribution in [0.15, 0.2) is 11.1 Å². The Hall–Kier alpha value is 0.0900. The highest BCUT2D eigenvalue weighted by molar-refractivity contribution is 7.81. The Balaban J connectivity index is 2.04. The van der Waals surface area contributed by atoms with Crippen molar-refractivity contribution in [2.75, 3.05) is 0 Å². The molecule has 3 aliphatic carbocycles. The number of allylic oxidation sites excluding steroid dienone is 2. The maximum absolute atomic E-state index is 5.17. The van der Waals surface area contributed by atoms with Crippen LogP contribution in [-0.4, -0.2) is 4.75 Å². The van der Waals surface area contributed by atoms with E-state index in [0.717, 1.165) is 17.8 Å². The normalized spacial score (nSPS) is 43.8. The van der Waals surface area contributed by atoms with Gasteiger partial charge in [0.15, 0.2) is 0 Å². The minimum atomic E-state index is 0.286. The van der Waals surface area contributed by atoms with Crippen molar-refractivity contribution in [1.29, 1.82) is 0 Å². The van der Waals surface area contributed by atoms with Gasteiger partial charge in [0.2, 0.25) is 0 Å². The van der Waals surface area contributed by atoms with Gasteiger partial charge in [0.1, 0.15) is 0 Å². The number of fused-ring (bicyclic) bond motifs is 3. The highest BCUT2D eigenvalue weighted by Gasteiger charge is 2.51. The van der Waals surface area contributed by atoms with Crippen LogP contribution in [0.4, 0.5) is 0 Å². The van der Waals surface area contributed by atoms with Crippen LogP contribution in [0, 0.1) is 17.8 Å². The van der Waals surface area contributed by atoms with Crippen molar-refractivity contribution in [2.45, 2.75) is 76.4 Å². The maximum Gasteiger partial charge on any atom is 0.0200 e. The van der Waals surface area contributed by atoms with Crippen LogP contribution >= 0.6 is 12.6 Å². The molecule has 0 aliphatic heterocycles. The van der Waals surface area contributed by atoms with Crippen LogP contribution in [0.25, 0.3) is 0 Å². The lowest BCUT2D eigenvalue weighted by molar-refractivity contribution is 0.139. The van der Waals surface area contributed by atoms with Crippen molar-refractivity contribution < 1.29 is 0 Å². The van der Waals surface area contributed by atoms with Gasteiger partial charge in [0.25, 0.3) is 0 Å². The van der Waals surface area contributed by atoms with Crippen LogP contribution in [0.2, 0.25) is 0 Å². The lowest BCUT2D eigenvalue weighted by atomic mass is 9.55. The zero-order chi connectivity index (χ0) is 12.8. The van der Waals surface area contributed by atoms with Gasteiger partial charge in [0, 0.05) is 4.75 Å². The topological polar surface area (TPSA) is 0 Å². The zero-order valence-electron chi connectivity index (χ0n) is 12.0. The molecule has 102 valence electrons. The van der Waals surface area contributed by atoms with Gasteiger partial charge in [-0.2, -0.15) is 12.6 Å². The Morgan fingerprint density at radius 3 is 2.56 bits per heavy atom. The lowest BCUT2D eigenvalue weighted by Crippen LogP contribution is -2.49. The maximum atomic E-state index is 5.17.